The Hall–Kier alpha value is -2.40. The number of benzene rings is 1. The van der Waals surface area contributed by atoms with Gasteiger partial charge in [0, 0.05) is 18.3 Å². The summed E-state index contributed by atoms with van der Waals surface area (Å²) in [6, 6.07) is 12.9. The first-order chi connectivity index (χ1) is 14.2. The largest absolute Gasteiger partial charge is 0.480 e. The Labute approximate surface area is 175 Å². The number of para-hydroxylation sites is 1. The SMILES string of the molecule is CCCCCCCCCCN[C@@H](Cc1ccccc1Nc1ccccn1)C(=O)O. The highest BCUT2D eigenvalue weighted by Gasteiger charge is 2.18. The van der Waals surface area contributed by atoms with Gasteiger partial charge in [-0.05, 0) is 36.7 Å². The lowest BCUT2D eigenvalue weighted by atomic mass is 10.0. The number of hydrogen-bond acceptors (Lipinski definition) is 4. The maximum Gasteiger partial charge on any atom is 0.321 e. The lowest BCUT2D eigenvalue weighted by molar-refractivity contribution is -0.139. The second kappa shape index (κ2) is 13.7. The van der Waals surface area contributed by atoms with Crippen molar-refractivity contribution < 1.29 is 9.90 Å². The number of carboxylic acids is 1. The fourth-order valence-electron chi connectivity index (χ4n) is 3.40. The van der Waals surface area contributed by atoms with Gasteiger partial charge in [0.05, 0.1) is 0 Å². The van der Waals surface area contributed by atoms with E-state index in [1.807, 2.05) is 42.5 Å². The number of unbranched alkanes of at least 4 members (excludes halogenated alkanes) is 7. The molecule has 29 heavy (non-hydrogen) atoms. The second-order valence-electron chi connectivity index (χ2n) is 7.52. The molecule has 0 unspecified atom stereocenters. The molecule has 1 aromatic carbocycles. The van der Waals surface area contributed by atoms with Gasteiger partial charge in [-0.2, -0.15) is 0 Å². The third-order valence-electron chi connectivity index (χ3n) is 5.09. The van der Waals surface area contributed by atoms with Crippen molar-refractivity contribution in [3.05, 3.63) is 54.2 Å². The van der Waals surface area contributed by atoms with E-state index in [1.54, 1.807) is 6.20 Å². The summed E-state index contributed by atoms with van der Waals surface area (Å²) in [5, 5.41) is 16.2. The van der Waals surface area contributed by atoms with E-state index in [4.69, 9.17) is 0 Å². The third kappa shape index (κ3) is 9.09. The number of nitrogens with one attached hydrogen (secondary N) is 2. The molecule has 1 aromatic heterocycles. The number of carboxylic acid groups (broad SMARTS) is 1. The molecule has 0 amide bonds. The number of aliphatic carboxylic acids is 1. The minimum absolute atomic E-state index is 0.433. The number of nitrogens with zero attached hydrogens (tertiary/aromatic N) is 1. The van der Waals surface area contributed by atoms with Gasteiger partial charge in [0.2, 0.25) is 0 Å². The fraction of sp³-hybridized carbons (Fsp3) is 0.500. The van der Waals surface area contributed by atoms with Crippen molar-refractivity contribution in [1.29, 1.82) is 0 Å². The van der Waals surface area contributed by atoms with Crippen LogP contribution in [0.1, 0.15) is 63.9 Å². The van der Waals surface area contributed by atoms with Gasteiger partial charge in [0.15, 0.2) is 0 Å². The molecule has 0 radical (unpaired) electrons. The maximum atomic E-state index is 11.7. The molecule has 2 aromatic rings. The van der Waals surface area contributed by atoms with Gasteiger partial charge in [0.25, 0.3) is 0 Å². The summed E-state index contributed by atoms with van der Waals surface area (Å²) in [5.41, 5.74) is 1.86. The van der Waals surface area contributed by atoms with E-state index in [-0.39, 0.29) is 0 Å². The first-order valence-electron chi connectivity index (χ1n) is 10.9. The fourth-order valence-corrected chi connectivity index (χ4v) is 3.40. The van der Waals surface area contributed by atoms with Crippen molar-refractivity contribution in [1.82, 2.24) is 10.3 Å². The first-order valence-corrected chi connectivity index (χ1v) is 10.9. The van der Waals surface area contributed by atoms with E-state index in [0.29, 0.717) is 6.42 Å². The monoisotopic (exact) mass is 397 g/mol. The van der Waals surface area contributed by atoms with Crippen LogP contribution in [0.2, 0.25) is 0 Å². The van der Waals surface area contributed by atoms with Crippen molar-refractivity contribution in [3.63, 3.8) is 0 Å². The molecule has 1 heterocycles. The normalized spacial score (nSPS) is 11.9. The van der Waals surface area contributed by atoms with Crippen LogP contribution >= 0.6 is 0 Å². The molecule has 0 saturated carbocycles. The summed E-state index contributed by atoms with van der Waals surface area (Å²) >= 11 is 0. The molecule has 0 saturated heterocycles. The summed E-state index contributed by atoms with van der Waals surface area (Å²) in [6.07, 6.45) is 12.1. The van der Waals surface area contributed by atoms with E-state index in [1.165, 1.54) is 38.5 Å². The van der Waals surface area contributed by atoms with Crippen molar-refractivity contribution in [2.24, 2.45) is 0 Å². The van der Waals surface area contributed by atoms with Gasteiger partial charge >= 0.3 is 5.97 Å². The molecule has 0 aliphatic rings. The molecule has 0 aliphatic carbocycles. The number of rotatable bonds is 15. The second-order valence-corrected chi connectivity index (χ2v) is 7.52. The number of anilines is 2. The summed E-state index contributed by atoms with van der Waals surface area (Å²) in [6.45, 7) is 2.97. The Morgan fingerprint density at radius 1 is 0.966 bits per heavy atom. The minimum atomic E-state index is -0.808. The Morgan fingerprint density at radius 2 is 1.66 bits per heavy atom. The highest BCUT2D eigenvalue weighted by molar-refractivity contribution is 5.74. The van der Waals surface area contributed by atoms with Crippen molar-refractivity contribution in [2.45, 2.75) is 70.8 Å². The zero-order valence-corrected chi connectivity index (χ0v) is 17.6. The molecule has 2 rings (SSSR count). The average molecular weight is 398 g/mol. The van der Waals surface area contributed by atoms with E-state index >= 15 is 0 Å². The summed E-state index contributed by atoms with van der Waals surface area (Å²) < 4.78 is 0. The first kappa shape index (κ1) is 22.9. The van der Waals surface area contributed by atoms with Gasteiger partial charge in [-0.1, -0.05) is 76.1 Å². The Bertz CT molecular complexity index is 706. The van der Waals surface area contributed by atoms with E-state index < -0.39 is 12.0 Å². The van der Waals surface area contributed by atoms with Crippen LogP contribution in [0.25, 0.3) is 0 Å². The molecule has 0 spiro atoms. The third-order valence-corrected chi connectivity index (χ3v) is 5.09. The topological polar surface area (TPSA) is 74.2 Å². The summed E-state index contributed by atoms with van der Waals surface area (Å²) in [4.78, 5) is 16.0. The van der Waals surface area contributed by atoms with Gasteiger partial charge in [-0.25, -0.2) is 4.98 Å². The summed E-state index contributed by atoms with van der Waals surface area (Å²) in [5.74, 6) is -0.0593. The van der Waals surface area contributed by atoms with Crippen molar-refractivity contribution in [3.8, 4) is 0 Å². The van der Waals surface area contributed by atoms with Crippen LogP contribution in [0.15, 0.2) is 48.7 Å². The molecule has 158 valence electrons. The molecule has 0 bridgehead atoms. The molecule has 3 N–H and O–H groups in total. The van der Waals surface area contributed by atoms with Crippen LogP contribution in [0.5, 0.6) is 0 Å². The van der Waals surface area contributed by atoms with Gasteiger partial charge in [0.1, 0.15) is 11.9 Å². The van der Waals surface area contributed by atoms with E-state index in [9.17, 15) is 9.90 Å². The maximum absolute atomic E-state index is 11.7. The molecule has 0 aliphatic heterocycles. The van der Waals surface area contributed by atoms with E-state index in [2.05, 4.69) is 22.5 Å². The van der Waals surface area contributed by atoms with Crippen molar-refractivity contribution in [2.75, 3.05) is 11.9 Å². The summed E-state index contributed by atoms with van der Waals surface area (Å²) in [7, 11) is 0. The van der Waals surface area contributed by atoms with Gasteiger partial charge in [-0.15, -0.1) is 0 Å². The number of hydrogen-bond donors (Lipinski definition) is 3. The lowest BCUT2D eigenvalue weighted by Crippen LogP contribution is -2.39. The zero-order chi connectivity index (χ0) is 20.7. The molecular formula is C24H35N3O2. The van der Waals surface area contributed by atoms with Crippen LogP contribution in [0, 0.1) is 0 Å². The standard InChI is InChI=1S/C24H35N3O2/c1-2-3-4-5-6-7-8-12-17-25-22(24(28)29)19-20-14-9-10-15-21(20)27-23-16-11-13-18-26-23/h9-11,13-16,18,22,25H,2-8,12,17,19H2,1H3,(H,26,27)(H,28,29)/t22-/m0/s1. The minimum Gasteiger partial charge on any atom is -0.480 e. The lowest BCUT2D eigenvalue weighted by Gasteiger charge is -2.17. The zero-order valence-electron chi connectivity index (χ0n) is 17.6. The van der Waals surface area contributed by atoms with Gasteiger partial charge < -0.3 is 15.7 Å². The Kier molecular flexibility index (Phi) is 10.8. The molecule has 0 fully saturated rings. The van der Waals surface area contributed by atoms with Gasteiger partial charge in [-0.3, -0.25) is 4.79 Å². The predicted molar refractivity (Wildman–Crippen MR) is 120 cm³/mol. The molecule has 1 atom stereocenters. The highest BCUT2D eigenvalue weighted by atomic mass is 16.4. The number of pyridine rings is 1. The van der Waals surface area contributed by atoms with Crippen LogP contribution in [-0.4, -0.2) is 28.6 Å². The van der Waals surface area contributed by atoms with E-state index in [0.717, 1.165) is 36.5 Å². The van der Waals surface area contributed by atoms with Crippen LogP contribution in [0.4, 0.5) is 11.5 Å². The molecule has 5 nitrogen and oxygen atoms in total. The van der Waals surface area contributed by atoms with Crippen molar-refractivity contribution >= 4 is 17.5 Å². The smallest absolute Gasteiger partial charge is 0.321 e. The predicted octanol–water partition coefficient (Wildman–Crippen LogP) is 5.55. The van der Waals surface area contributed by atoms with Crippen LogP contribution in [0.3, 0.4) is 0 Å². The Balaban J connectivity index is 1.79. The molecular weight excluding hydrogens is 362 g/mol. The quantitative estimate of drug-likeness (QED) is 0.344. The van der Waals surface area contributed by atoms with Crippen LogP contribution < -0.4 is 10.6 Å². The molecule has 5 heteroatoms. The number of carbonyl (C=O) groups is 1. The number of aromatic nitrogens is 1. The average Bonchev–Trinajstić information content (AvgIpc) is 2.73. The highest BCUT2D eigenvalue weighted by Crippen LogP contribution is 2.21. The Morgan fingerprint density at radius 3 is 2.34 bits per heavy atom. The van der Waals surface area contributed by atoms with Crippen LogP contribution in [-0.2, 0) is 11.2 Å².